The lowest BCUT2D eigenvalue weighted by atomic mass is 10.2. The Hall–Kier alpha value is -2.31. The van der Waals surface area contributed by atoms with Crippen molar-refractivity contribution < 1.29 is 22.5 Å². The number of rotatable bonds is 7. The molecule has 4 rings (SSSR count). The van der Waals surface area contributed by atoms with E-state index in [0.717, 1.165) is 44.2 Å². The molecule has 1 aromatic carbocycles. The number of ether oxygens (including phenoxy) is 1. The number of hydrogen-bond donors (Lipinski definition) is 1. The zero-order valence-electron chi connectivity index (χ0n) is 18.2. The van der Waals surface area contributed by atoms with Crippen molar-refractivity contribution in [3.05, 3.63) is 41.8 Å². The number of nitrogens with one attached hydrogen (secondary N) is 1. The maximum atomic E-state index is 12.8. The number of carbonyl (C=O) groups is 1. The number of amides is 1. The number of anilines is 1. The average molecular weight is 464 g/mol. The zero-order valence-corrected chi connectivity index (χ0v) is 19.0. The van der Waals surface area contributed by atoms with E-state index in [1.54, 1.807) is 18.2 Å². The summed E-state index contributed by atoms with van der Waals surface area (Å²) in [4.78, 5) is 17.1. The van der Waals surface area contributed by atoms with E-state index in [9.17, 15) is 13.2 Å². The molecule has 2 aliphatic rings. The summed E-state index contributed by atoms with van der Waals surface area (Å²) in [6, 6.07) is 8.35. The molecule has 3 heterocycles. The third-order valence-electron chi connectivity index (χ3n) is 5.62. The minimum atomic E-state index is -3.60. The van der Waals surface area contributed by atoms with E-state index in [2.05, 4.69) is 20.3 Å². The smallest absolute Gasteiger partial charge is 0.243 e. The van der Waals surface area contributed by atoms with Crippen LogP contribution in [0.25, 0.3) is 0 Å². The first kappa shape index (κ1) is 22.9. The number of morpholine rings is 1. The quantitative estimate of drug-likeness (QED) is 0.641. The summed E-state index contributed by atoms with van der Waals surface area (Å²) in [5.74, 6) is 0.642. The van der Waals surface area contributed by atoms with E-state index in [-0.39, 0.29) is 17.3 Å². The molecule has 2 aromatic rings. The van der Waals surface area contributed by atoms with Gasteiger partial charge in [-0.05, 0) is 25.1 Å². The van der Waals surface area contributed by atoms with E-state index in [4.69, 9.17) is 9.26 Å². The predicted molar refractivity (Wildman–Crippen MR) is 118 cm³/mol. The van der Waals surface area contributed by atoms with Crippen molar-refractivity contribution in [2.75, 3.05) is 64.3 Å². The maximum absolute atomic E-state index is 12.8. The van der Waals surface area contributed by atoms with Crippen LogP contribution in [0, 0.1) is 6.92 Å². The normalized spacial score (nSPS) is 19.2. The Bertz CT molecular complexity index is 1030. The lowest BCUT2D eigenvalue weighted by Gasteiger charge is -2.33. The van der Waals surface area contributed by atoms with Gasteiger partial charge in [0.1, 0.15) is 5.76 Å². The van der Waals surface area contributed by atoms with Crippen LogP contribution in [0.5, 0.6) is 0 Å². The highest BCUT2D eigenvalue weighted by Crippen LogP contribution is 2.20. The van der Waals surface area contributed by atoms with Gasteiger partial charge < -0.3 is 14.6 Å². The Labute approximate surface area is 188 Å². The van der Waals surface area contributed by atoms with Gasteiger partial charge in [0.15, 0.2) is 0 Å². The summed E-state index contributed by atoms with van der Waals surface area (Å²) in [5.41, 5.74) is 1.39. The van der Waals surface area contributed by atoms with E-state index in [1.165, 1.54) is 10.4 Å². The molecule has 2 aliphatic heterocycles. The van der Waals surface area contributed by atoms with E-state index in [1.807, 2.05) is 13.0 Å². The second kappa shape index (κ2) is 10.1. The number of aromatic nitrogens is 1. The van der Waals surface area contributed by atoms with Crippen LogP contribution in [0.2, 0.25) is 0 Å². The molecule has 0 saturated carbocycles. The molecule has 10 nitrogen and oxygen atoms in total. The molecule has 0 aliphatic carbocycles. The number of carbonyl (C=O) groups excluding carboxylic acids is 1. The van der Waals surface area contributed by atoms with Crippen LogP contribution in [0.3, 0.4) is 0 Å². The van der Waals surface area contributed by atoms with Crippen molar-refractivity contribution in [3.8, 4) is 0 Å². The fraction of sp³-hybridized carbons (Fsp3) is 0.524. The first-order valence-electron chi connectivity index (χ1n) is 10.7. The zero-order chi connectivity index (χ0) is 22.6. The van der Waals surface area contributed by atoms with E-state index in [0.29, 0.717) is 32.0 Å². The van der Waals surface area contributed by atoms with Crippen LogP contribution in [0.1, 0.15) is 11.5 Å². The highest BCUT2D eigenvalue weighted by molar-refractivity contribution is 7.89. The van der Waals surface area contributed by atoms with Crippen LogP contribution in [0.15, 0.2) is 39.8 Å². The topological polar surface area (TPSA) is 108 Å². The lowest BCUT2D eigenvalue weighted by molar-refractivity contribution is -0.117. The number of benzene rings is 1. The molecule has 0 spiro atoms. The van der Waals surface area contributed by atoms with Crippen molar-refractivity contribution in [2.24, 2.45) is 0 Å². The number of nitrogens with zero attached hydrogens (tertiary/aromatic N) is 4. The predicted octanol–water partition coefficient (Wildman–Crippen LogP) is 0.760. The van der Waals surface area contributed by atoms with Crippen molar-refractivity contribution in [1.82, 2.24) is 19.3 Å². The van der Waals surface area contributed by atoms with Gasteiger partial charge in [-0.25, -0.2) is 8.42 Å². The Balaban J connectivity index is 1.28. The Morgan fingerprint density at radius 1 is 1.06 bits per heavy atom. The summed E-state index contributed by atoms with van der Waals surface area (Å²) >= 11 is 0. The maximum Gasteiger partial charge on any atom is 0.243 e. The Kier molecular flexibility index (Phi) is 7.21. The van der Waals surface area contributed by atoms with Gasteiger partial charge in [-0.1, -0.05) is 11.2 Å². The minimum absolute atomic E-state index is 0.161. The van der Waals surface area contributed by atoms with Crippen LogP contribution >= 0.6 is 0 Å². The summed E-state index contributed by atoms with van der Waals surface area (Å²) in [6.07, 6.45) is 0. The van der Waals surface area contributed by atoms with Gasteiger partial charge in [0.05, 0.1) is 30.3 Å². The highest BCUT2D eigenvalue weighted by atomic mass is 32.2. The van der Waals surface area contributed by atoms with Crippen LogP contribution in [-0.4, -0.2) is 92.6 Å². The van der Waals surface area contributed by atoms with E-state index >= 15 is 0 Å². The molecule has 174 valence electrons. The number of sulfonamides is 1. The first-order chi connectivity index (χ1) is 15.4. The molecule has 0 atom stereocenters. The van der Waals surface area contributed by atoms with Gasteiger partial charge in [0.25, 0.3) is 0 Å². The largest absolute Gasteiger partial charge is 0.379 e. The fourth-order valence-corrected chi connectivity index (χ4v) is 5.36. The van der Waals surface area contributed by atoms with Crippen molar-refractivity contribution in [2.45, 2.75) is 18.4 Å². The summed E-state index contributed by atoms with van der Waals surface area (Å²) in [6.45, 7) is 7.55. The second-order valence-corrected chi connectivity index (χ2v) is 10.0. The van der Waals surface area contributed by atoms with E-state index < -0.39 is 10.0 Å². The van der Waals surface area contributed by atoms with Gasteiger partial charge >= 0.3 is 0 Å². The van der Waals surface area contributed by atoms with Crippen LogP contribution in [0.4, 0.5) is 5.69 Å². The summed E-state index contributed by atoms with van der Waals surface area (Å²) in [7, 11) is -3.60. The van der Waals surface area contributed by atoms with Gasteiger partial charge in [-0.15, -0.1) is 0 Å². The Morgan fingerprint density at radius 3 is 2.47 bits per heavy atom. The van der Waals surface area contributed by atoms with Crippen molar-refractivity contribution >= 4 is 21.6 Å². The number of piperazine rings is 1. The lowest BCUT2D eigenvalue weighted by Crippen LogP contribution is -2.48. The molecule has 2 saturated heterocycles. The summed E-state index contributed by atoms with van der Waals surface area (Å²) < 4.78 is 37.4. The summed E-state index contributed by atoms with van der Waals surface area (Å²) in [5, 5.41) is 6.87. The minimum Gasteiger partial charge on any atom is -0.379 e. The molecule has 0 radical (unpaired) electrons. The molecule has 11 heteroatoms. The molecule has 1 N–H and O–H groups in total. The molecular weight excluding hydrogens is 434 g/mol. The van der Waals surface area contributed by atoms with Gasteiger partial charge in [-0.3, -0.25) is 14.6 Å². The molecule has 32 heavy (non-hydrogen) atoms. The van der Waals surface area contributed by atoms with Crippen molar-refractivity contribution in [1.29, 1.82) is 0 Å². The Morgan fingerprint density at radius 2 is 1.78 bits per heavy atom. The van der Waals surface area contributed by atoms with Gasteiger partial charge in [0, 0.05) is 57.6 Å². The third kappa shape index (κ3) is 5.73. The van der Waals surface area contributed by atoms with Crippen molar-refractivity contribution in [3.63, 3.8) is 0 Å². The molecule has 0 unspecified atom stereocenters. The second-order valence-electron chi connectivity index (χ2n) is 8.07. The number of hydrogen-bond acceptors (Lipinski definition) is 8. The molecule has 1 aromatic heterocycles. The molecular formula is C21H29N5O5S. The fourth-order valence-electron chi connectivity index (χ4n) is 3.90. The SMILES string of the molecule is Cc1cc(CN2CCN(CC(=O)Nc3cccc(S(=O)(=O)N4CCOCC4)c3)CC2)no1. The number of aryl methyl sites for hydroxylation is 1. The van der Waals surface area contributed by atoms with Gasteiger partial charge in [0.2, 0.25) is 15.9 Å². The highest BCUT2D eigenvalue weighted by Gasteiger charge is 2.26. The van der Waals surface area contributed by atoms with Crippen LogP contribution < -0.4 is 5.32 Å². The van der Waals surface area contributed by atoms with Crippen LogP contribution in [-0.2, 0) is 26.1 Å². The third-order valence-corrected chi connectivity index (χ3v) is 7.51. The average Bonchev–Trinajstić information content (AvgIpc) is 3.20. The first-order valence-corrected chi connectivity index (χ1v) is 12.2. The van der Waals surface area contributed by atoms with Gasteiger partial charge in [-0.2, -0.15) is 4.31 Å². The molecule has 2 fully saturated rings. The molecule has 1 amide bonds. The molecule has 0 bridgehead atoms. The standard InChI is InChI=1S/C21H29N5O5S/c1-17-13-19(23-31-17)15-24-5-7-25(8-6-24)16-21(27)22-18-3-2-4-20(14-18)32(28,29)26-9-11-30-12-10-26/h2-4,13-14H,5-12,15-16H2,1H3,(H,22,27). The monoisotopic (exact) mass is 463 g/mol.